The summed E-state index contributed by atoms with van der Waals surface area (Å²) >= 11 is 12.7. The predicted octanol–water partition coefficient (Wildman–Crippen LogP) is 2.67. The van der Waals surface area contributed by atoms with Crippen molar-refractivity contribution >= 4 is 35.0 Å². The van der Waals surface area contributed by atoms with E-state index in [1.807, 2.05) is 6.92 Å². The molecule has 1 atom stereocenters. The molecule has 0 fully saturated rings. The Morgan fingerprint density at radius 1 is 1.73 bits per heavy atom. The van der Waals surface area contributed by atoms with Crippen molar-refractivity contribution < 1.29 is 5.11 Å². The molecule has 0 bridgehead atoms. The molecule has 1 nitrogen and oxygen atoms in total. The molecule has 0 aliphatic rings. The summed E-state index contributed by atoms with van der Waals surface area (Å²) in [6.45, 7) is 2.22. The zero-order valence-electron chi connectivity index (χ0n) is 6.39. The lowest BCUT2D eigenvalue weighted by atomic mass is 10.2. The van der Waals surface area contributed by atoms with Crippen molar-refractivity contribution in [1.82, 2.24) is 0 Å². The van der Waals surface area contributed by atoms with E-state index in [1.165, 1.54) is 5.54 Å². The van der Waals surface area contributed by atoms with Crippen LogP contribution in [0.15, 0.2) is 10.6 Å². The molecule has 0 aliphatic heterocycles. The third-order valence-electron chi connectivity index (χ3n) is 1.07. The monoisotopic (exact) mass is 214 g/mol. The SMILES string of the molecule is CC(CO)CSCC(Cl)=CCl. The number of aliphatic hydroxyl groups is 1. The second-order valence-corrected chi connectivity index (χ2v) is 4.09. The van der Waals surface area contributed by atoms with E-state index in [1.54, 1.807) is 11.8 Å². The van der Waals surface area contributed by atoms with Crippen LogP contribution in [0.1, 0.15) is 6.92 Å². The smallest absolute Gasteiger partial charge is 0.0464 e. The molecule has 4 heteroatoms. The molecule has 0 aliphatic carbocycles. The van der Waals surface area contributed by atoms with E-state index in [9.17, 15) is 0 Å². The third kappa shape index (κ3) is 7.01. The number of hydrogen-bond acceptors (Lipinski definition) is 2. The normalized spacial score (nSPS) is 15.1. The summed E-state index contributed by atoms with van der Waals surface area (Å²) in [7, 11) is 0. The molecule has 0 aromatic heterocycles. The van der Waals surface area contributed by atoms with Gasteiger partial charge in [0.1, 0.15) is 0 Å². The summed E-state index contributed by atoms with van der Waals surface area (Å²) in [5.74, 6) is 1.98. The van der Waals surface area contributed by atoms with E-state index >= 15 is 0 Å². The Bertz CT molecular complexity index is 128. The van der Waals surface area contributed by atoms with E-state index in [0.29, 0.717) is 11.0 Å². The molecule has 0 saturated carbocycles. The van der Waals surface area contributed by atoms with Gasteiger partial charge in [-0.3, -0.25) is 0 Å². The molecule has 66 valence electrons. The van der Waals surface area contributed by atoms with Gasteiger partial charge in [-0.1, -0.05) is 30.1 Å². The largest absolute Gasteiger partial charge is 0.396 e. The second-order valence-electron chi connectivity index (χ2n) is 2.36. The summed E-state index contributed by atoms with van der Waals surface area (Å²) in [6, 6.07) is 0. The van der Waals surface area contributed by atoms with Crippen LogP contribution in [0.2, 0.25) is 0 Å². The molecular formula is C7H12Cl2OS. The van der Waals surface area contributed by atoms with Gasteiger partial charge in [-0.05, 0) is 11.7 Å². The first-order valence-electron chi connectivity index (χ1n) is 3.34. The van der Waals surface area contributed by atoms with Crippen molar-refractivity contribution in [3.63, 3.8) is 0 Å². The van der Waals surface area contributed by atoms with Gasteiger partial charge >= 0.3 is 0 Å². The Morgan fingerprint density at radius 2 is 2.36 bits per heavy atom. The number of halogens is 2. The van der Waals surface area contributed by atoms with E-state index in [-0.39, 0.29) is 6.61 Å². The molecule has 0 heterocycles. The van der Waals surface area contributed by atoms with Crippen molar-refractivity contribution in [1.29, 1.82) is 0 Å². The van der Waals surface area contributed by atoms with Crippen molar-refractivity contribution in [3.05, 3.63) is 10.6 Å². The predicted molar refractivity (Wildman–Crippen MR) is 53.4 cm³/mol. The molecule has 0 aromatic carbocycles. The highest BCUT2D eigenvalue weighted by molar-refractivity contribution is 7.99. The zero-order valence-corrected chi connectivity index (χ0v) is 8.72. The maximum absolute atomic E-state index is 8.67. The Morgan fingerprint density at radius 3 is 2.82 bits per heavy atom. The number of hydrogen-bond donors (Lipinski definition) is 1. The summed E-state index contributed by atoms with van der Waals surface area (Å²) in [4.78, 5) is 0. The van der Waals surface area contributed by atoms with Gasteiger partial charge in [-0.25, -0.2) is 0 Å². The minimum absolute atomic E-state index is 0.231. The topological polar surface area (TPSA) is 20.2 Å². The van der Waals surface area contributed by atoms with Crippen molar-refractivity contribution in [2.45, 2.75) is 6.92 Å². The highest BCUT2D eigenvalue weighted by atomic mass is 35.5. The quantitative estimate of drug-likeness (QED) is 0.760. The number of rotatable bonds is 5. The minimum Gasteiger partial charge on any atom is -0.396 e. The molecule has 11 heavy (non-hydrogen) atoms. The summed E-state index contributed by atoms with van der Waals surface area (Å²) in [5.41, 5.74) is 1.37. The Hall–Kier alpha value is 0.630. The lowest BCUT2D eigenvalue weighted by molar-refractivity contribution is 0.250. The first-order valence-corrected chi connectivity index (χ1v) is 5.31. The van der Waals surface area contributed by atoms with Crippen LogP contribution >= 0.6 is 35.0 Å². The van der Waals surface area contributed by atoms with Gasteiger partial charge in [0.05, 0.1) is 0 Å². The molecule has 0 radical (unpaired) electrons. The van der Waals surface area contributed by atoms with Crippen LogP contribution in [0.25, 0.3) is 0 Å². The van der Waals surface area contributed by atoms with Gasteiger partial charge < -0.3 is 5.11 Å². The van der Waals surface area contributed by atoms with Crippen LogP contribution < -0.4 is 0 Å². The van der Waals surface area contributed by atoms with Gasteiger partial charge in [0, 0.05) is 22.9 Å². The van der Waals surface area contributed by atoms with Gasteiger partial charge in [-0.15, -0.1) is 0 Å². The van der Waals surface area contributed by atoms with E-state index in [0.717, 1.165) is 11.5 Å². The molecule has 0 rings (SSSR count). The molecule has 0 amide bonds. The standard InChI is InChI=1S/C7H12Cl2OS/c1-6(3-10)4-11-5-7(9)2-8/h2,6,10H,3-5H2,1H3. The van der Waals surface area contributed by atoms with Gasteiger partial charge in [0.25, 0.3) is 0 Å². The fourth-order valence-electron chi connectivity index (χ4n) is 0.442. The van der Waals surface area contributed by atoms with E-state index in [4.69, 9.17) is 28.3 Å². The highest BCUT2D eigenvalue weighted by Crippen LogP contribution is 2.15. The lowest BCUT2D eigenvalue weighted by Crippen LogP contribution is -2.03. The molecule has 0 spiro atoms. The minimum atomic E-state index is 0.231. The average molecular weight is 215 g/mol. The average Bonchev–Trinajstić information content (AvgIpc) is 2.04. The first kappa shape index (κ1) is 11.6. The first-order chi connectivity index (χ1) is 5.20. The van der Waals surface area contributed by atoms with Crippen LogP contribution in [0.5, 0.6) is 0 Å². The van der Waals surface area contributed by atoms with Crippen molar-refractivity contribution in [2.24, 2.45) is 5.92 Å². The van der Waals surface area contributed by atoms with E-state index in [2.05, 4.69) is 0 Å². The van der Waals surface area contributed by atoms with Crippen LogP contribution in [-0.4, -0.2) is 23.2 Å². The Balaban J connectivity index is 3.27. The lowest BCUT2D eigenvalue weighted by Gasteiger charge is -2.05. The maximum atomic E-state index is 8.67. The number of thioether (sulfide) groups is 1. The fraction of sp³-hybridized carbons (Fsp3) is 0.714. The summed E-state index contributed by atoms with van der Waals surface area (Å²) in [5, 5.41) is 9.32. The fourth-order valence-corrected chi connectivity index (χ4v) is 1.75. The highest BCUT2D eigenvalue weighted by Gasteiger charge is 1.99. The summed E-state index contributed by atoms with van der Waals surface area (Å²) < 4.78 is 0. The second kappa shape index (κ2) is 7.29. The Labute approximate surface area is 81.8 Å². The molecule has 0 aromatic rings. The van der Waals surface area contributed by atoms with Crippen molar-refractivity contribution in [2.75, 3.05) is 18.1 Å². The molecule has 1 unspecified atom stereocenters. The molecule has 0 saturated heterocycles. The molecule has 1 N–H and O–H groups in total. The van der Waals surface area contributed by atoms with Crippen LogP contribution in [-0.2, 0) is 0 Å². The Kier molecular flexibility index (Phi) is 7.71. The van der Waals surface area contributed by atoms with Gasteiger partial charge in [-0.2, -0.15) is 11.8 Å². The van der Waals surface area contributed by atoms with Gasteiger partial charge in [0.15, 0.2) is 0 Å². The van der Waals surface area contributed by atoms with Crippen molar-refractivity contribution in [3.8, 4) is 0 Å². The van der Waals surface area contributed by atoms with Crippen LogP contribution in [0.4, 0.5) is 0 Å². The summed E-state index contributed by atoms with van der Waals surface area (Å²) in [6.07, 6.45) is 0. The zero-order chi connectivity index (χ0) is 8.69. The number of aliphatic hydroxyl groups excluding tert-OH is 1. The third-order valence-corrected chi connectivity index (χ3v) is 3.17. The van der Waals surface area contributed by atoms with Gasteiger partial charge in [0.2, 0.25) is 0 Å². The maximum Gasteiger partial charge on any atom is 0.0464 e. The molecular weight excluding hydrogens is 203 g/mol. The van der Waals surface area contributed by atoms with Crippen LogP contribution in [0.3, 0.4) is 0 Å². The van der Waals surface area contributed by atoms with Crippen LogP contribution in [0, 0.1) is 5.92 Å². The van der Waals surface area contributed by atoms with E-state index < -0.39 is 0 Å².